The summed E-state index contributed by atoms with van der Waals surface area (Å²) >= 11 is 0. The number of nitrogens with zero attached hydrogens (tertiary/aromatic N) is 1. The van der Waals surface area contributed by atoms with Crippen molar-refractivity contribution in [2.24, 2.45) is 0 Å². The molecular formula is C22H28NO5P. The van der Waals surface area contributed by atoms with E-state index in [1.807, 2.05) is 60.7 Å². The predicted octanol–water partition coefficient (Wildman–Crippen LogP) is 4.88. The second-order valence-corrected chi connectivity index (χ2v) is 8.39. The molecule has 2 rings (SSSR count). The minimum Gasteiger partial charge on any atom is -0.480 e. The van der Waals surface area contributed by atoms with Gasteiger partial charge >= 0.3 is 13.6 Å². The van der Waals surface area contributed by atoms with Gasteiger partial charge < -0.3 is 14.2 Å². The highest BCUT2D eigenvalue weighted by Crippen LogP contribution is 2.49. The summed E-state index contributed by atoms with van der Waals surface area (Å²) in [4.78, 5) is 13.7. The van der Waals surface area contributed by atoms with Crippen LogP contribution in [0.15, 0.2) is 66.7 Å². The SMILES string of the molecule is CCOP(=O)(CN(Cc1ccccc1)C(C=Cc1ccccc1)C(=O)O)OCC. The number of carboxylic acid groups (broad SMARTS) is 1. The zero-order valence-corrected chi connectivity index (χ0v) is 17.7. The van der Waals surface area contributed by atoms with Crippen molar-refractivity contribution in [2.45, 2.75) is 26.4 Å². The predicted molar refractivity (Wildman–Crippen MR) is 115 cm³/mol. The Morgan fingerprint density at radius 3 is 2.10 bits per heavy atom. The largest absolute Gasteiger partial charge is 0.480 e. The van der Waals surface area contributed by atoms with Crippen LogP contribution in [0.3, 0.4) is 0 Å². The van der Waals surface area contributed by atoms with Crippen molar-refractivity contribution in [1.29, 1.82) is 0 Å². The van der Waals surface area contributed by atoms with Crippen LogP contribution >= 0.6 is 7.60 Å². The van der Waals surface area contributed by atoms with Crippen molar-refractivity contribution in [3.8, 4) is 0 Å². The van der Waals surface area contributed by atoms with Crippen molar-refractivity contribution < 1.29 is 23.5 Å². The fourth-order valence-electron chi connectivity index (χ4n) is 2.92. The number of carbonyl (C=O) groups is 1. The van der Waals surface area contributed by atoms with E-state index in [-0.39, 0.29) is 19.5 Å². The molecule has 0 fully saturated rings. The van der Waals surface area contributed by atoms with E-state index in [1.54, 1.807) is 30.9 Å². The summed E-state index contributed by atoms with van der Waals surface area (Å²) in [6.45, 7) is 4.19. The molecule has 0 saturated heterocycles. The lowest BCUT2D eigenvalue weighted by molar-refractivity contribution is -0.141. The maximum Gasteiger partial charge on any atom is 0.344 e. The summed E-state index contributed by atoms with van der Waals surface area (Å²) in [6, 6.07) is 17.9. The van der Waals surface area contributed by atoms with E-state index in [0.29, 0.717) is 6.54 Å². The van der Waals surface area contributed by atoms with Gasteiger partial charge in [0.15, 0.2) is 0 Å². The third kappa shape index (κ3) is 7.59. The average molecular weight is 417 g/mol. The molecule has 6 nitrogen and oxygen atoms in total. The standard InChI is InChI=1S/C22H28NO5P/c1-3-27-29(26,28-4-2)18-23(17-20-13-9-6-10-14-20)21(22(24)25)16-15-19-11-7-5-8-12-19/h5-16,21H,3-4,17-18H2,1-2H3,(H,24,25). The van der Waals surface area contributed by atoms with E-state index in [4.69, 9.17) is 9.05 Å². The first-order valence-electron chi connectivity index (χ1n) is 9.59. The Hall–Kier alpha value is -2.24. The van der Waals surface area contributed by atoms with E-state index >= 15 is 0 Å². The Morgan fingerprint density at radius 2 is 1.59 bits per heavy atom. The number of hydrogen-bond donors (Lipinski definition) is 1. The molecule has 2 aromatic rings. The Bertz CT molecular complexity index is 816. The molecule has 0 aliphatic rings. The molecule has 29 heavy (non-hydrogen) atoms. The number of benzene rings is 2. The fraction of sp³-hybridized carbons (Fsp3) is 0.318. The van der Waals surface area contributed by atoms with Crippen LogP contribution < -0.4 is 0 Å². The number of carboxylic acids is 1. The topological polar surface area (TPSA) is 76.1 Å². The van der Waals surface area contributed by atoms with E-state index in [1.165, 1.54) is 0 Å². The van der Waals surface area contributed by atoms with Gasteiger partial charge in [-0.2, -0.15) is 0 Å². The van der Waals surface area contributed by atoms with Gasteiger partial charge in [-0.3, -0.25) is 14.3 Å². The molecule has 156 valence electrons. The van der Waals surface area contributed by atoms with Gasteiger partial charge in [0.05, 0.1) is 13.2 Å². The lowest BCUT2D eigenvalue weighted by atomic mass is 10.1. The van der Waals surface area contributed by atoms with Gasteiger partial charge in [0.25, 0.3) is 0 Å². The molecule has 0 radical (unpaired) electrons. The van der Waals surface area contributed by atoms with Crippen molar-refractivity contribution in [2.75, 3.05) is 19.5 Å². The van der Waals surface area contributed by atoms with Crippen molar-refractivity contribution in [3.05, 3.63) is 77.9 Å². The number of rotatable bonds is 12. The minimum absolute atomic E-state index is 0.125. The van der Waals surface area contributed by atoms with Crippen LogP contribution in [0.25, 0.3) is 6.08 Å². The zero-order chi connectivity index (χ0) is 21.1. The molecule has 0 amide bonds. The molecule has 0 saturated carbocycles. The Kier molecular flexibility index (Phi) is 9.29. The van der Waals surface area contributed by atoms with Crippen LogP contribution in [-0.4, -0.2) is 41.5 Å². The molecule has 1 unspecified atom stereocenters. The minimum atomic E-state index is -3.47. The average Bonchev–Trinajstić information content (AvgIpc) is 2.69. The van der Waals surface area contributed by atoms with Crippen LogP contribution in [0.4, 0.5) is 0 Å². The van der Waals surface area contributed by atoms with Crippen molar-refractivity contribution >= 4 is 19.6 Å². The monoisotopic (exact) mass is 417 g/mol. The third-order valence-electron chi connectivity index (χ3n) is 4.15. The van der Waals surface area contributed by atoms with Gasteiger partial charge in [0, 0.05) is 6.54 Å². The van der Waals surface area contributed by atoms with E-state index in [2.05, 4.69) is 0 Å². The van der Waals surface area contributed by atoms with Gasteiger partial charge in [-0.1, -0.05) is 72.8 Å². The first-order valence-corrected chi connectivity index (χ1v) is 11.3. The molecule has 0 bridgehead atoms. The maximum absolute atomic E-state index is 13.1. The highest BCUT2D eigenvalue weighted by atomic mass is 31.2. The van der Waals surface area contributed by atoms with Crippen molar-refractivity contribution in [1.82, 2.24) is 4.90 Å². The molecule has 1 atom stereocenters. The molecule has 0 spiro atoms. The quantitative estimate of drug-likeness (QED) is 0.496. The van der Waals surface area contributed by atoms with Crippen molar-refractivity contribution in [3.63, 3.8) is 0 Å². The summed E-state index contributed by atoms with van der Waals surface area (Å²) in [7, 11) is -3.47. The van der Waals surface area contributed by atoms with Crippen LogP contribution in [0, 0.1) is 0 Å². The Balaban J connectivity index is 2.34. The number of hydrogen-bond acceptors (Lipinski definition) is 5. The molecule has 7 heteroatoms. The van der Waals surface area contributed by atoms with Gasteiger partial charge in [0.2, 0.25) is 0 Å². The van der Waals surface area contributed by atoms with Gasteiger partial charge in [-0.15, -0.1) is 0 Å². The van der Waals surface area contributed by atoms with Crippen LogP contribution in [0.2, 0.25) is 0 Å². The smallest absolute Gasteiger partial charge is 0.344 e. The maximum atomic E-state index is 13.1. The summed E-state index contributed by atoms with van der Waals surface area (Å²) in [5.41, 5.74) is 1.79. The summed E-state index contributed by atoms with van der Waals surface area (Å²) < 4.78 is 23.9. The molecule has 0 aliphatic carbocycles. The highest BCUT2D eigenvalue weighted by molar-refractivity contribution is 7.53. The third-order valence-corrected chi connectivity index (χ3v) is 6.16. The highest BCUT2D eigenvalue weighted by Gasteiger charge is 2.33. The van der Waals surface area contributed by atoms with E-state index < -0.39 is 19.6 Å². The lowest BCUT2D eigenvalue weighted by Gasteiger charge is -2.30. The summed E-state index contributed by atoms with van der Waals surface area (Å²) in [5.74, 6) is -1.03. The van der Waals surface area contributed by atoms with E-state index in [9.17, 15) is 14.5 Å². The first kappa shape index (κ1) is 23.0. The normalized spacial score (nSPS) is 13.1. The molecule has 0 aliphatic heterocycles. The fourth-order valence-corrected chi connectivity index (χ4v) is 4.66. The number of aliphatic carboxylic acids is 1. The zero-order valence-electron chi connectivity index (χ0n) is 16.8. The second kappa shape index (κ2) is 11.7. The molecule has 2 aromatic carbocycles. The van der Waals surface area contributed by atoms with Crippen LogP contribution in [0.1, 0.15) is 25.0 Å². The van der Waals surface area contributed by atoms with Gasteiger partial charge in [-0.25, -0.2) is 0 Å². The molecule has 1 N–H and O–H groups in total. The van der Waals surface area contributed by atoms with Crippen LogP contribution in [0.5, 0.6) is 0 Å². The molecule has 0 heterocycles. The Morgan fingerprint density at radius 1 is 1.03 bits per heavy atom. The van der Waals surface area contributed by atoms with E-state index in [0.717, 1.165) is 11.1 Å². The Labute approximate surface area is 172 Å². The summed E-state index contributed by atoms with van der Waals surface area (Å²) in [6.07, 6.45) is 3.23. The van der Waals surface area contributed by atoms with Crippen LogP contribution in [-0.2, 0) is 25.0 Å². The van der Waals surface area contributed by atoms with Gasteiger partial charge in [-0.05, 0) is 25.0 Å². The molecular weight excluding hydrogens is 389 g/mol. The molecule has 0 aromatic heterocycles. The van der Waals surface area contributed by atoms with Gasteiger partial charge in [0.1, 0.15) is 12.3 Å². The second-order valence-electron chi connectivity index (χ2n) is 6.37. The summed E-state index contributed by atoms with van der Waals surface area (Å²) in [5, 5.41) is 9.89. The first-order chi connectivity index (χ1) is 14.0. The lowest BCUT2D eigenvalue weighted by Crippen LogP contribution is -2.40.